The van der Waals surface area contributed by atoms with Gasteiger partial charge in [0.1, 0.15) is 0 Å². The molecule has 0 aliphatic carbocycles. The Morgan fingerprint density at radius 2 is 1.90 bits per heavy atom. The second kappa shape index (κ2) is 8.74. The SMILES string of the molecule is CCCOc1cc(CN2CCC(n3c(=O)[nH]c4ccccc43)CC2)ccc1OC. The van der Waals surface area contributed by atoms with Gasteiger partial charge in [-0.2, -0.15) is 0 Å². The van der Waals surface area contributed by atoms with E-state index in [1.165, 1.54) is 5.56 Å². The van der Waals surface area contributed by atoms with Crippen LogP contribution in [0.3, 0.4) is 0 Å². The molecular formula is C23H29N3O3. The second-order valence-electron chi connectivity index (χ2n) is 7.66. The Morgan fingerprint density at radius 3 is 2.66 bits per heavy atom. The maximum absolute atomic E-state index is 12.5. The summed E-state index contributed by atoms with van der Waals surface area (Å²) in [5.74, 6) is 1.59. The summed E-state index contributed by atoms with van der Waals surface area (Å²) in [6, 6.07) is 14.4. The number of ether oxygens (including phenoxy) is 2. The first-order valence-corrected chi connectivity index (χ1v) is 10.4. The quantitative estimate of drug-likeness (QED) is 0.658. The molecule has 1 N–H and O–H groups in total. The summed E-state index contributed by atoms with van der Waals surface area (Å²) in [6.45, 7) is 5.59. The van der Waals surface area contributed by atoms with Crippen molar-refractivity contribution in [3.05, 3.63) is 58.5 Å². The van der Waals surface area contributed by atoms with Crippen LogP contribution in [-0.2, 0) is 6.54 Å². The van der Waals surface area contributed by atoms with Gasteiger partial charge in [-0.15, -0.1) is 0 Å². The van der Waals surface area contributed by atoms with Gasteiger partial charge < -0.3 is 14.5 Å². The van der Waals surface area contributed by atoms with Gasteiger partial charge in [-0.3, -0.25) is 9.47 Å². The van der Waals surface area contributed by atoms with E-state index in [1.54, 1.807) is 7.11 Å². The molecule has 6 heteroatoms. The number of rotatable bonds is 7. The van der Waals surface area contributed by atoms with Gasteiger partial charge in [0.05, 0.1) is 24.8 Å². The van der Waals surface area contributed by atoms with E-state index in [0.717, 1.165) is 61.4 Å². The number of methoxy groups -OCH3 is 1. The highest BCUT2D eigenvalue weighted by atomic mass is 16.5. The third-order valence-electron chi connectivity index (χ3n) is 5.64. The van der Waals surface area contributed by atoms with Gasteiger partial charge in [0.2, 0.25) is 0 Å². The standard InChI is InChI=1S/C23H29N3O3/c1-3-14-29-22-15-17(8-9-21(22)28-2)16-25-12-10-18(11-13-25)26-20-7-5-4-6-19(20)24-23(26)27/h4-9,15,18H,3,10-14,16H2,1-2H3,(H,24,27). The number of H-pyrrole nitrogens is 1. The minimum atomic E-state index is -0.00230. The molecule has 3 aromatic rings. The first-order chi connectivity index (χ1) is 14.2. The molecule has 6 nitrogen and oxygen atoms in total. The maximum Gasteiger partial charge on any atom is 0.326 e. The number of para-hydroxylation sites is 2. The fraction of sp³-hybridized carbons (Fsp3) is 0.435. The zero-order valence-electron chi connectivity index (χ0n) is 17.2. The molecule has 0 bridgehead atoms. The van der Waals surface area contributed by atoms with Crippen molar-refractivity contribution in [1.82, 2.24) is 14.5 Å². The number of hydrogen-bond donors (Lipinski definition) is 1. The Morgan fingerprint density at radius 1 is 1.10 bits per heavy atom. The summed E-state index contributed by atoms with van der Waals surface area (Å²) < 4.78 is 13.2. The normalized spacial score (nSPS) is 15.7. The van der Waals surface area contributed by atoms with E-state index in [9.17, 15) is 4.79 Å². The average Bonchev–Trinajstić information content (AvgIpc) is 3.08. The van der Waals surface area contributed by atoms with Crippen LogP contribution >= 0.6 is 0 Å². The van der Waals surface area contributed by atoms with Crippen LogP contribution in [0.5, 0.6) is 11.5 Å². The molecule has 29 heavy (non-hydrogen) atoms. The molecule has 0 saturated carbocycles. The van der Waals surface area contributed by atoms with Crippen LogP contribution in [0.25, 0.3) is 11.0 Å². The van der Waals surface area contributed by atoms with Crippen molar-refractivity contribution in [2.24, 2.45) is 0 Å². The van der Waals surface area contributed by atoms with Gasteiger partial charge in [0, 0.05) is 25.7 Å². The number of aromatic amines is 1. The Labute approximate surface area is 171 Å². The van der Waals surface area contributed by atoms with Gasteiger partial charge in [0.15, 0.2) is 11.5 Å². The van der Waals surface area contributed by atoms with Crippen LogP contribution in [0.4, 0.5) is 0 Å². The maximum atomic E-state index is 12.5. The number of nitrogens with zero attached hydrogens (tertiary/aromatic N) is 2. The number of likely N-dealkylation sites (tertiary alicyclic amines) is 1. The third kappa shape index (κ3) is 4.17. The predicted octanol–water partition coefficient (Wildman–Crippen LogP) is 3.96. The Kier molecular flexibility index (Phi) is 5.90. The molecule has 1 aromatic heterocycles. The van der Waals surface area contributed by atoms with Crippen molar-refractivity contribution in [3.63, 3.8) is 0 Å². The van der Waals surface area contributed by atoms with E-state index in [1.807, 2.05) is 34.9 Å². The first-order valence-electron chi connectivity index (χ1n) is 10.4. The van der Waals surface area contributed by atoms with Crippen LogP contribution < -0.4 is 15.2 Å². The molecular weight excluding hydrogens is 366 g/mol. The molecule has 1 aliphatic heterocycles. The largest absolute Gasteiger partial charge is 0.493 e. The molecule has 0 atom stereocenters. The number of nitrogens with one attached hydrogen (secondary N) is 1. The fourth-order valence-electron chi connectivity index (χ4n) is 4.17. The van der Waals surface area contributed by atoms with Gasteiger partial charge in [-0.05, 0) is 49.1 Å². The zero-order valence-corrected chi connectivity index (χ0v) is 17.2. The number of hydrogen-bond acceptors (Lipinski definition) is 4. The number of aromatic nitrogens is 2. The highest BCUT2D eigenvalue weighted by molar-refractivity contribution is 5.75. The van der Waals surface area contributed by atoms with E-state index in [-0.39, 0.29) is 11.7 Å². The molecule has 1 saturated heterocycles. The number of piperidine rings is 1. The highest BCUT2D eigenvalue weighted by Gasteiger charge is 2.23. The summed E-state index contributed by atoms with van der Waals surface area (Å²) in [5.41, 5.74) is 3.14. The molecule has 0 radical (unpaired) electrons. The highest BCUT2D eigenvalue weighted by Crippen LogP contribution is 2.30. The second-order valence-corrected chi connectivity index (χ2v) is 7.66. The molecule has 1 fully saturated rings. The topological polar surface area (TPSA) is 59.5 Å². The van der Waals surface area contributed by atoms with Gasteiger partial charge in [-0.25, -0.2) is 4.79 Å². The molecule has 0 unspecified atom stereocenters. The van der Waals surface area contributed by atoms with E-state index in [0.29, 0.717) is 6.61 Å². The van der Waals surface area contributed by atoms with Crippen molar-refractivity contribution < 1.29 is 9.47 Å². The molecule has 154 valence electrons. The van der Waals surface area contributed by atoms with E-state index < -0.39 is 0 Å². The lowest BCUT2D eigenvalue weighted by Crippen LogP contribution is -2.36. The zero-order chi connectivity index (χ0) is 20.2. The Balaban J connectivity index is 1.42. The first kappa shape index (κ1) is 19.6. The van der Waals surface area contributed by atoms with E-state index >= 15 is 0 Å². The minimum absolute atomic E-state index is 0.00230. The van der Waals surface area contributed by atoms with Crippen molar-refractivity contribution in [2.75, 3.05) is 26.8 Å². The number of fused-ring (bicyclic) bond motifs is 1. The smallest absolute Gasteiger partial charge is 0.326 e. The van der Waals surface area contributed by atoms with Gasteiger partial charge >= 0.3 is 5.69 Å². The summed E-state index contributed by atoms with van der Waals surface area (Å²) in [7, 11) is 1.67. The van der Waals surface area contributed by atoms with E-state index in [4.69, 9.17) is 9.47 Å². The minimum Gasteiger partial charge on any atom is -0.493 e. The summed E-state index contributed by atoms with van der Waals surface area (Å²) in [4.78, 5) is 17.9. The molecule has 2 aromatic carbocycles. The summed E-state index contributed by atoms with van der Waals surface area (Å²) >= 11 is 0. The Hall–Kier alpha value is -2.73. The van der Waals surface area contributed by atoms with Crippen LogP contribution in [0, 0.1) is 0 Å². The predicted molar refractivity (Wildman–Crippen MR) is 115 cm³/mol. The lowest BCUT2D eigenvalue weighted by Gasteiger charge is -2.32. The lowest BCUT2D eigenvalue weighted by molar-refractivity contribution is 0.179. The van der Waals surface area contributed by atoms with Gasteiger partial charge in [0.25, 0.3) is 0 Å². The fourth-order valence-corrected chi connectivity index (χ4v) is 4.17. The molecule has 2 heterocycles. The van der Waals surface area contributed by atoms with Crippen LogP contribution in [-0.4, -0.2) is 41.3 Å². The molecule has 0 amide bonds. The summed E-state index contributed by atoms with van der Waals surface area (Å²) in [6.07, 6.45) is 2.91. The van der Waals surface area contributed by atoms with Crippen molar-refractivity contribution in [3.8, 4) is 11.5 Å². The van der Waals surface area contributed by atoms with Crippen LogP contribution in [0.1, 0.15) is 37.8 Å². The van der Waals surface area contributed by atoms with Gasteiger partial charge in [-0.1, -0.05) is 25.1 Å². The van der Waals surface area contributed by atoms with Crippen LogP contribution in [0.2, 0.25) is 0 Å². The number of imidazole rings is 1. The third-order valence-corrected chi connectivity index (χ3v) is 5.64. The Bertz CT molecular complexity index is 1020. The van der Waals surface area contributed by atoms with Crippen molar-refractivity contribution >= 4 is 11.0 Å². The van der Waals surface area contributed by atoms with Crippen LogP contribution in [0.15, 0.2) is 47.3 Å². The monoisotopic (exact) mass is 395 g/mol. The molecule has 1 aliphatic rings. The van der Waals surface area contributed by atoms with E-state index in [2.05, 4.69) is 28.9 Å². The lowest BCUT2D eigenvalue weighted by atomic mass is 10.0. The average molecular weight is 396 g/mol. The van der Waals surface area contributed by atoms with Crippen molar-refractivity contribution in [1.29, 1.82) is 0 Å². The molecule has 0 spiro atoms. The summed E-state index contributed by atoms with van der Waals surface area (Å²) in [5, 5.41) is 0. The molecule has 4 rings (SSSR count). The number of benzene rings is 2. The van der Waals surface area contributed by atoms with Crippen molar-refractivity contribution in [2.45, 2.75) is 38.8 Å².